The van der Waals surface area contributed by atoms with E-state index in [2.05, 4.69) is 5.32 Å². The van der Waals surface area contributed by atoms with E-state index in [1.807, 2.05) is 35.2 Å². The van der Waals surface area contributed by atoms with E-state index in [-0.39, 0.29) is 12.5 Å². The Kier molecular flexibility index (Phi) is 5.96. The smallest absolute Gasteiger partial charge is 0.243 e. The topological polar surface area (TPSA) is 71.0 Å². The Morgan fingerprint density at radius 1 is 1.15 bits per heavy atom. The standard InChI is InChI=1S/C20H24N2O4/c1-15(23)13-22(17-6-3-2-4-7-17)14-20(24)21-16-8-9-18-19(12-16)26-11-5-10-25-18/h2-4,6-9,12,15,23H,5,10-11,13-14H2,1H3,(H,21,24)/t15-/m0/s1. The lowest BCUT2D eigenvalue weighted by atomic mass is 10.2. The highest BCUT2D eigenvalue weighted by molar-refractivity contribution is 5.94. The summed E-state index contributed by atoms with van der Waals surface area (Å²) in [6.07, 6.45) is 0.294. The molecule has 0 unspecified atom stereocenters. The Bertz CT molecular complexity index is 734. The summed E-state index contributed by atoms with van der Waals surface area (Å²) in [5.74, 6) is 1.17. The van der Waals surface area contributed by atoms with Crippen LogP contribution in [0, 0.1) is 0 Å². The Balaban J connectivity index is 1.67. The van der Waals surface area contributed by atoms with Crippen LogP contribution in [0.4, 0.5) is 11.4 Å². The third-order valence-electron chi connectivity index (χ3n) is 3.97. The second-order valence-corrected chi connectivity index (χ2v) is 6.33. The maximum atomic E-state index is 12.5. The van der Waals surface area contributed by atoms with Crippen molar-refractivity contribution >= 4 is 17.3 Å². The van der Waals surface area contributed by atoms with Crippen LogP contribution >= 0.6 is 0 Å². The molecule has 0 radical (unpaired) electrons. The van der Waals surface area contributed by atoms with E-state index in [0.29, 0.717) is 36.9 Å². The average Bonchev–Trinajstić information content (AvgIpc) is 2.86. The molecule has 1 amide bonds. The van der Waals surface area contributed by atoms with Gasteiger partial charge in [0, 0.05) is 30.4 Å². The lowest BCUT2D eigenvalue weighted by Crippen LogP contribution is -2.37. The molecule has 1 heterocycles. The molecule has 0 bridgehead atoms. The van der Waals surface area contributed by atoms with Crippen molar-refractivity contribution in [2.45, 2.75) is 19.4 Å². The number of nitrogens with one attached hydrogen (secondary N) is 1. The van der Waals surface area contributed by atoms with E-state index in [4.69, 9.17) is 9.47 Å². The molecule has 0 fully saturated rings. The summed E-state index contributed by atoms with van der Waals surface area (Å²) >= 11 is 0. The molecule has 0 saturated heterocycles. The zero-order valence-electron chi connectivity index (χ0n) is 14.9. The predicted molar refractivity (Wildman–Crippen MR) is 101 cm³/mol. The summed E-state index contributed by atoms with van der Waals surface area (Å²) in [5.41, 5.74) is 1.55. The van der Waals surface area contributed by atoms with E-state index in [1.54, 1.807) is 25.1 Å². The number of aliphatic hydroxyl groups excluding tert-OH is 1. The van der Waals surface area contributed by atoms with Gasteiger partial charge in [-0.15, -0.1) is 0 Å². The van der Waals surface area contributed by atoms with E-state index < -0.39 is 6.10 Å². The first-order valence-electron chi connectivity index (χ1n) is 8.79. The number of anilines is 2. The molecule has 0 saturated carbocycles. The van der Waals surface area contributed by atoms with Gasteiger partial charge in [-0.25, -0.2) is 0 Å². The summed E-state index contributed by atoms with van der Waals surface area (Å²) < 4.78 is 11.3. The second-order valence-electron chi connectivity index (χ2n) is 6.33. The molecule has 1 aliphatic heterocycles. The quantitative estimate of drug-likeness (QED) is 0.833. The van der Waals surface area contributed by atoms with Crippen molar-refractivity contribution in [2.75, 3.05) is 36.5 Å². The van der Waals surface area contributed by atoms with Gasteiger partial charge in [0.05, 0.1) is 25.9 Å². The first kappa shape index (κ1) is 18.1. The highest BCUT2D eigenvalue weighted by Crippen LogP contribution is 2.32. The molecule has 2 N–H and O–H groups in total. The van der Waals surface area contributed by atoms with Gasteiger partial charge in [-0.1, -0.05) is 18.2 Å². The van der Waals surface area contributed by atoms with Gasteiger partial charge in [0.25, 0.3) is 0 Å². The minimum absolute atomic E-state index is 0.142. The number of nitrogens with zero attached hydrogens (tertiary/aromatic N) is 1. The van der Waals surface area contributed by atoms with Gasteiger partial charge in [-0.05, 0) is 31.2 Å². The SMILES string of the molecule is C[C@H](O)CN(CC(=O)Nc1ccc2c(c1)OCCCO2)c1ccccc1. The minimum atomic E-state index is -0.541. The number of para-hydroxylation sites is 1. The van der Waals surface area contributed by atoms with Crippen LogP contribution in [0.25, 0.3) is 0 Å². The van der Waals surface area contributed by atoms with Gasteiger partial charge in [0.1, 0.15) is 0 Å². The molecule has 0 spiro atoms. The van der Waals surface area contributed by atoms with Crippen molar-refractivity contribution in [2.24, 2.45) is 0 Å². The number of carbonyl (C=O) groups excluding carboxylic acids is 1. The third kappa shape index (κ3) is 4.89. The van der Waals surface area contributed by atoms with Crippen LogP contribution < -0.4 is 19.7 Å². The molecular weight excluding hydrogens is 332 g/mol. The first-order chi connectivity index (χ1) is 12.6. The lowest BCUT2D eigenvalue weighted by molar-refractivity contribution is -0.115. The van der Waals surface area contributed by atoms with E-state index in [0.717, 1.165) is 12.1 Å². The maximum Gasteiger partial charge on any atom is 0.243 e. The molecule has 6 nitrogen and oxygen atoms in total. The molecule has 3 rings (SSSR count). The van der Waals surface area contributed by atoms with Crippen molar-refractivity contribution in [1.29, 1.82) is 0 Å². The molecule has 1 aliphatic rings. The summed E-state index contributed by atoms with van der Waals surface area (Å²) in [5, 5.41) is 12.6. The summed E-state index contributed by atoms with van der Waals surface area (Å²) in [6, 6.07) is 15.0. The lowest BCUT2D eigenvalue weighted by Gasteiger charge is -2.25. The molecule has 2 aromatic rings. The maximum absolute atomic E-state index is 12.5. The van der Waals surface area contributed by atoms with Gasteiger partial charge >= 0.3 is 0 Å². The highest BCUT2D eigenvalue weighted by atomic mass is 16.5. The number of amides is 1. The summed E-state index contributed by atoms with van der Waals surface area (Å²) in [4.78, 5) is 14.4. The summed E-state index contributed by atoms with van der Waals surface area (Å²) in [7, 11) is 0. The molecule has 2 aromatic carbocycles. The molecule has 0 aliphatic carbocycles. The number of aliphatic hydroxyl groups is 1. The molecule has 26 heavy (non-hydrogen) atoms. The Morgan fingerprint density at radius 3 is 2.62 bits per heavy atom. The Morgan fingerprint density at radius 2 is 1.88 bits per heavy atom. The minimum Gasteiger partial charge on any atom is -0.490 e. The number of rotatable bonds is 6. The number of carbonyl (C=O) groups is 1. The molecule has 0 aromatic heterocycles. The highest BCUT2D eigenvalue weighted by Gasteiger charge is 2.15. The van der Waals surface area contributed by atoms with Crippen LogP contribution in [0.2, 0.25) is 0 Å². The third-order valence-corrected chi connectivity index (χ3v) is 3.97. The number of fused-ring (bicyclic) bond motifs is 1. The number of hydrogen-bond donors (Lipinski definition) is 2. The van der Waals surface area contributed by atoms with Crippen molar-refractivity contribution in [3.05, 3.63) is 48.5 Å². The number of hydrogen-bond acceptors (Lipinski definition) is 5. The molecular formula is C20H24N2O4. The van der Waals surface area contributed by atoms with Crippen LogP contribution in [-0.2, 0) is 4.79 Å². The Labute approximate surface area is 153 Å². The molecule has 6 heteroatoms. The van der Waals surface area contributed by atoms with Crippen LogP contribution in [0.1, 0.15) is 13.3 Å². The zero-order valence-corrected chi connectivity index (χ0v) is 14.9. The Hall–Kier alpha value is -2.73. The van der Waals surface area contributed by atoms with Crippen LogP contribution in [0.3, 0.4) is 0 Å². The fraction of sp³-hybridized carbons (Fsp3) is 0.350. The van der Waals surface area contributed by atoms with Crippen molar-refractivity contribution in [3.8, 4) is 11.5 Å². The molecule has 138 valence electrons. The van der Waals surface area contributed by atoms with E-state index >= 15 is 0 Å². The van der Waals surface area contributed by atoms with Crippen LogP contribution in [-0.4, -0.2) is 43.4 Å². The fourth-order valence-corrected chi connectivity index (χ4v) is 2.83. The number of ether oxygens (including phenoxy) is 2. The fourth-order valence-electron chi connectivity index (χ4n) is 2.83. The van der Waals surface area contributed by atoms with Crippen LogP contribution in [0.15, 0.2) is 48.5 Å². The van der Waals surface area contributed by atoms with Gasteiger partial charge in [-0.2, -0.15) is 0 Å². The number of benzene rings is 2. The van der Waals surface area contributed by atoms with Gasteiger partial charge in [-0.3, -0.25) is 4.79 Å². The second kappa shape index (κ2) is 8.58. The predicted octanol–water partition coefficient (Wildman–Crippen LogP) is 2.67. The largest absolute Gasteiger partial charge is 0.490 e. The zero-order chi connectivity index (χ0) is 18.4. The van der Waals surface area contributed by atoms with Gasteiger partial charge < -0.3 is 24.8 Å². The van der Waals surface area contributed by atoms with Crippen LogP contribution in [0.5, 0.6) is 11.5 Å². The van der Waals surface area contributed by atoms with Crippen molar-refractivity contribution < 1.29 is 19.4 Å². The monoisotopic (exact) mass is 356 g/mol. The van der Waals surface area contributed by atoms with E-state index in [9.17, 15) is 9.90 Å². The first-order valence-corrected chi connectivity index (χ1v) is 8.79. The van der Waals surface area contributed by atoms with E-state index in [1.165, 1.54) is 0 Å². The average molecular weight is 356 g/mol. The van der Waals surface area contributed by atoms with Gasteiger partial charge in [0.2, 0.25) is 5.91 Å². The normalized spacial score (nSPS) is 14.2. The summed E-state index contributed by atoms with van der Waals surface area (Å²) in [6.45, 7) is 3.45. The van der Waals surface area contributed by atoms with Gasteiger partial charge in [0.15, 0.2) is 11.5 Å². The van der Waals surface area contributed by atoms with Crippen molar-refractivity contribution in [3.63, 3.8) is 0 Å². The molecule has 1 atom stereocenters. The van der Waals surface area contributed by atoms with Crippen molar-refractivity contribution in [1.82, 2.24) is 0 Å².